The van der Waals surface area contributed by atoms with Gasteiger partial charge in [-0.1, -0.05) is 0 Å². The molecular weight excluding hydrogens is 242 g/mol. The molecule has 0 atom stereocenters. The van der Waals surface area contributed by atoms with E-state index in [1.54, 1.807) is 12.4 Å². The van der Waals surface area contributed by atoms with Crippen molar-refractivity contribution in [3.8, 4) is 0 Å². The molecule has 1 aromatic rings. The van der Waals surface area contributed by atoms with E-state index in [2.05, 4.69) is 10.3 Å². The third-order valence-electron chi connectivity index (χ3n) is 3.26. The van der Waals surface area contributed by atoms with Gasteiger partial charge in [-0.25, -0.2) is 4.79 Å². The molecule has 1 heterocycles. The first-order valence-electron chi connectivity index (χ1n) is 6.53. The number of hydrogen-bond acceptors (Lipinski definition) is 4. The smallest absolute Gasteiger partial charge is 0.408 e. The van der Waals surface area contributed by atoms with Gasteiger partial charge >= 0.3 is 6.09 Å². The third-order valence-corrected chi connectivity index (χ3v) is 3.26. The Morgan fingerprint density at radius 2 is 2.11 bits per heavy atom. The zero-order chi connectivity index (χ0) is 14.1. The fourth-order valence-corrected chi connectivity index (χ4v) is 2.23. The summed E-state index contributed by atoms with van der Waals surface area (Å²) in [6, 6.07) is 1.86. The summed E-state index contributed by atoms with van der Waals surface area (Å²) >= 11 is 0. The maximum Gasteiger partial charge on any atom is 0.408 e. The van der Waals surface area contributed by atoms with Gasteiger partial charge in [0.1, 0.15) is 5.60 Å². The number of nitrogen functional groups attached to an aromatic ring is 1. The fraction of sp³-hybridized carbons (Fsp3) is 0.571. The van der Waals surface area contributed by atoms with Crippen LogP contribution in [-0.4, -0.2) is 16.7 Å². The highest BCUT2D eigenvalue weighted by molar-refractivity contribution is 5.69. The van der Waals surface area contributed by atoms with E-state index in [-0.39, 0.29) is 5.54 Å². The fourth-order valence-electron chi connectivity index (χ4n) is 2.23. The highest BCUT2D eigenvalue weighted by atomic mass is 16.6. The number of amides is 1. The molecule has 1 aliphatic carbocycles. The summed E-state index contributed by atoms with van der Waals surface area (Å²) in [6.07, 6.45) is 5.81. The first-order chi connectivity index (χ1) is 8.81. The number of nitrogens with two attached hydrogens (primary N) is 1. The predicted octanol–water partition coefficient (Wildman–Crippen LogP) is 2.57. The molecule has 3 N–H and O–H groups in total. The summed E-state index contributed by atoms with van der Waals surface area (Å²) < 4.78 is 5.32. The van der Waals surface area contributed by atoms with Crippen LogP contribution >= 0.6 is 0 Å². The van der Waals surface area contributed by atoms with Gasteiger partial charge in [0, 0.05) is 12.4 Å². The molecule has 104 valence electrons. The number of pyridine rings is 1. The molecule has 0 radical (unpaired) electrons. The Morgan fingerprint density at radius 3 is 2.58 bits per heavy atom. The van der Waals surface area contributed by atoms with Crippen molar-refractivity contribution in [2.75, 3.05) is 5.73 Å². The molecule has 5 nitrogen and oxygen atoms in total. The topological polar surface area (TPSA) is 77.2 Å². The number of alkyl carbamates (subject to hydrolysis) is 1. The summed E-state index contributed by atoms with van der Waals surface area (Å²) in [6.45, 7) is 5.55. The monoisotopic (exact) mass is 263 g/mol. The average molecular weight is 263 g/mol. The van der Waals surface area contributed by atoms with Crippen LogP contribution in [0, 0.1) is 0 Å². The number of nitrogens with one attached hydrogen (secondary N) is 1. The van der Waals surface area contributed by atoms with Gasteiger partial charge in [0.05, 0.1) is 11.2 Å². The Bertz CT molecular complexity index is 476. The summed E-state index contributed by atoms with van der Waals surface area (Å²) in [5, 5.41) is 2.97. The van der Waals surface area contributed by atoms with Crippen LogP contribution in [0.4, 0.5) is 10.5 Å². The Balaban J connectivity index is 2.13. The number of hydrogen-bond donors (Lipinski definition) is 2. The maximum absolute atomic E-state index is 11.9. The molecule has 1 saturated carbocycles. The molecule has 0 aliphatic heterocycles. The highest BCUT2D eigenvalue weighted by Gasteiger charge is 2.41. The number of anilines is 1. The van der Waals surface area contributed by atoms with Crippen LogP contribution in [0.15, 0.2) is 18.5 Å². The molecule has 1 aliphatic rings. The van der Waals surface area contributed by atoms with E-state index in [1.165, 1.54) is 0 Å². The van der Waals surface area contributed by atoms with Crippen LogP contribution in [0.2, 0.25) is 0 Å². The van der Waals surface area contributed by atoms with E-state index in [0.29, 0.717) is 5.69 Å². The molecule has 1 aromatic heterocycles. The van der Waals surface area contributed by atoms with Gasteiger partial charge in [-0.15, -0.1) is 0 Å². The van der Waals surface area contributed by atoms with E-state index < -0.39 is 11.7 Å². The molecule has 2 rings (SSSR count). The molecule has 0 unspecified atom stereocenters. The molecule has 19 heavy (non-hydrogen) atoms. The normalized spacial score (nSPS) is 17.4. The second kappa shape index (κ2) is 4.72. The van der Waals surface area contributed by atoms with Crippen molar-refractivity contribution in [1.29, 1.82) is 0 Å². The van der Waals surface area contributed by atoms with Crippen molar-refractivity contribution in [2.24, 2.45) is 0 Å². The van der Waals surface area contributed by atoms with E-state index in [1.807, 2.05) is 26.8 Å². The second-order valence-electron chi connectivity index (χ2n) is 6.07. The summed E-state index contributed by atoms with van der Waals surface area (Å²) in [5.41, 5.74) is 6.45. The Labute approximate surface area is 113 Å². The molecule has 0 saturated heterocycles. The molecule has 0 spiro atoms. The number of rotatable bonds is 2. The number of carbonyl (C=O) groups is 1. The summed E-state index contributed by atoms with van der Waals surface area (Å²) in [5.74, 6) is 0. The third kappa shape index (κ3) is 3.16. The second-order valence-corrected chi connectivity index (χ2v) is 6.07. The summed E-state index contributed by atoms with van der Waals surface area (Å²) in [7, 11) is 0. The Morgan fingerprint density at radius 1 is 1.42 bits per heavy atom. The quantitative estimate of drug-likeness (QED) is 0.859. The molecule has 0 aromatic carbocycles. The van der Waals surface area contributed by atoms with E-state index in [4.69, 9.17) is 10.5 Å². The average Bonchev–Trinajstić information content (AvgIpc) is 2.21. The standard InChI is InChI=1S/C14H21N3O2/c1-13(2,3)19-12(18)17-14(5-4-6-14)10-7-11(15)9-16-8-10/h7-9H,4-6,15H2,1-3H3,(H,17,18). The van der Waals surface area contributed by atoms with Gasteiger partial charge in [0.15, 0.2) is 0 Å². The van der Waals surface area contributed by atoms with Crippen LogP contribution < -0.4 is 11.1 Å². The lowest BCUT2D eigenvalue weighted by Crippen LogP contribution is -2.52. The van der Waals surface area contributed by atoms with Crippen molar-refractivity contribution < 1.29 is 9.53 Å². The first-order valence-corrected chi connectivity index (χ1v) is 6.53. The predicted molar refractivity (Wildman–Crippen MR) is 73.5 cm³/mol. The van der Waals surface area contributed by atoms with Crippen molar-refractivity contribution in [1.82, 2.24) is 10.3 Å². The van der Waals surface area contributed by atoms with Crippen molar-refractivity contribution in [2.45, 2.75) is 51.2 Å². The maximum atomic E-state index is 11.9. The van der Waals surface area contributed by atoms with Crippen molar-refractivity contribution >= 4 is 11.8 Å². The van der Waals surface area contributed by atoms with Gasteiger partial charge in [-0.2, -0.15) is 0 Å². The zero-order valence-electron chi connectivity index (χ0n) is 11.7. The van der Waals surface area contributed by atoms with Crippen LogP contribution in [-0.2, 0) is 10.3 Å². The van der Waals surface area contributed by atoms with Gasteiger partial charge in [-0.05, 0) is 51.7 Å². The van der Waals surface area contributed by atoms with Crippen LogP contribution in [0.5, 0.6) is 0 Å². The van der Waals surface area contributed by atoms with Gasteiger partial charge in [-0.3, -0.25) is 4.98 Å². The van der Waals surface area contributed by atoms with Crippen LogP contribution in [0.25, 0.3) is 0 Å². The molecular formula is C14H21N3O2. The van der Waals surface area contributed by atoms with Gasteiger partial charge in [0.25, 0.3) is 0 Å². The first kappa shape index (κ1) is 13.6. The lowest BCUT2D eigenvalue weighted by Gasteiger charge is -2.42. The van der Waals surface area contributed by atoms with E-state index in [0.717, 1.165) is 24.8 Å². The minimum atomic E-state index is -0.497. The van der Waals surface area contributed by atoms with Crippen molar-refractivity contribution in [3.05, 3.63) is 24.0 Å². The van der Waals surface area contributed by atoms with Crippen molar-refractivity contribution in [3.63, 3.8) is 0 Å². The lowest BCUT2D eigenvalue weighted by atomic mass is 9.72. The molecule has 1 fully saturated rings. The minimum absolute atomic E-state index is 0.370. The minimum Gasteiger partial charge on any atom is -0.444 e. The molecule has 5 heteroatoms. The van der Waals surface area contributed by atoms with Crippen LogP contribution in [0.1, 0.15) is 45.6 Å². The summed E-state index contributed by atoms with van der Waals surface area (Å²) in [4.78, 5) is 16.0. The van der Waals surface area contributed by atoms with Gasteiger partial charge < -0.3 is 15.8 Å². The Hall–Kier alpha value is -1.78. The number of nitrogens with zero attached hydrogens (tertiary/aromatic N) is 1. The number of aromatic nitrogens is 1. The van der Waals surface area contributed by atoms with E-state index in [9.17, 15) is 4.79 Å². The Kier molecular flexibility index (Phi) is 3.39. The zero-order valence-corrected chi connectivity index (χ0v) is 11.7. The SMILES string of the molecule is CC(C)(C)OC(=O)NC1(c2cncc(N)c2)CCC1. The van der Waals surface area contributed by atoms with E-state index >= 15 is 0 Å². The van der Waals surface area contributed by atoms with Crippen LogP contribution in [0.3, 0.4) is 0 Å². The lowest BCUT2D eigenvalue weighted by molar-refractivity contribution is 0.0377. The number of carbonyl (C=O) groups excluding carboxylic acids is 1. The molecule has 0 bridgehead atoms. The largest absolute Gasteiger partial charge is 0.444 e. The number of ether oxygens (including phenoxy) is 1. The van der Waals surface area contributed by atoms with Gasteiger partial charge in [0.2, 0.25) is 0 Å². The molecule has 1 amide bonds. The highest BCUT2D eigenvalue weighted by Crippen LogP contribution is 2.41.